The van der Waals surface area contributed by atoms with Crippen molar-refractivity contribution in [2.45, 2.75) is 12.5 Å². The first kappa shape index (κ1) is 23.4. The van der Waals surface area contributed by atoms with Gasteiger partial charge in [-0.25, -0.2) is 0 Å². The van der Waals surface area contributed by atoms with Gasteiger partial charge in [0.1, 0.15) is 35.7 Å². The van der Waals surface area contributed by atoms with Crippen molar-refractivity contribution < 1.29 is 18.9 Å². The van der Waals surface area contributed by atoms with Gasteiger partial charge in [-0.3, -0.25) is 9.97 Å². The van der Waals surface area contributed by atoms with Gasteiger partial charge in [-0.15, -0.1) is 0 Å². The van der Waals surface area contributed by atoms with Crippen LogP contribution in [0.5, 0.6) is 11.5 Å². The molecular weight excluding hydrogens is 484 g/mol. The van der Waals surface area contributed by atoms with E-state index in [0.29, 0.717) is 38.4 Å². The molecule has 0 amide bonds. The minimum absolute atomic E-state index is 0.426. The van der Waals surface area contributed by atoms with Crippen molar-refractivity contribution in [2.75, 3.05) is 38.4 Å². The molecule has 0 N–H and O–H groups in total. The van der Waals surface area contributed by atoms with Crippen molar-refractivity contribution in [2.24, 2.45) is 0 Å². The molecule has 0 saturated heterocycles. The van der Waals surface area contributed by atoms with Crippen LogP contribution in [0.25, 0.3) is 21.8 Å². The summed E-state index contributed by atoms with van der Waals surface area (Å²) >= 11 is 3.54. The van der Waals surface area contributed by atoms with Crippen LogP contribution in [0.1, 0.15) is 6.92 Å². The summed E-state index contributed by atoms with van der Waals surface area (Å²) in [7, 11) is 0. The summed E-state index contributed by atoms with van der Waals surface area (Å²) in [4.78, 5) is 8.82. The van der Waals surface area contributed by atoms with Crippen LogP contribution < -0.4 is 9.47 Å². The Morgan fingerprint density at radius 3 is 1.85 bits per heavy atom. The zero-order valence-corrected chi connectivity index (χ0v) is 20.2. The molecule has 172 valence electrons. The van der Waals surface area contributed by atoms with Gasteiger partial charge >= 0.3 is 0 Å². The molecule has 2 aromatic carbocycles. The van der Waals surface area contributed by atoms with Crippen LogP contribution in [0.3, 0.4) is 0 Å². The summed E-state index contributed by atoms with van der Waals surface area (Å²) in [5.41, 5.74) is 1.24. The number of hydrogen-bond acceptors (Lipinski definition) is 6. The van der Waals surface area contributed by atoms with Gasteiger partial charge in [0.25, 0.3) is 0 Å². The smallest absolute Gasteiger partial charge is 0.145 e. The molecule has 4 aromatic rings. The highest BCUT2D eigenvalue weighted by molar-refractivity contribution is 9.09. The lowest BCUT2D eigenvalue weighted by atomic mass is 10.1. The lowest BCUT2D eigenvalue weighted by Gasteiger charge is -2.27. The van der Waals surface area contributed by atoms with Crippen molar-refractivity contribution in [1.82, 2.24) is 9.97 Å². The van der Waals surface area contributed by atoms with Gasteiger partial charge in [0.05, 0.1) is 25.4 Å². The van der Waals surface area contributed by atoms with E-state index in [2.05, 4.69) is 25.9 Å². The van der Waals surface area contributed by atoms with E-state index in [9.17, 15) is 0 Å². The van der Waals surface area contributed by atoms with Crippen molar-refractivity contribution in [3.8, 4) is 11.5 Å². The van der Waals surface area contributed by atoms with Gasteiger partial charge in [-0.1, -0.05) is 52.3 Å². The Bertz CT molecular complexity index is 1180. The molecular formula is C26H27BrN2O4. The fraction of sp³-hybridized carbons (Fsp3) is 0.308. The van der Waals surface area contributed by atoms with Crippen molar-refractivity contribution in [3.05, 3.63) is 73.1 Å². The van der Waals surface area contributed by atoms with E-state index in [1.54, 1.807) is 12.4 Å². The number of aromatic nitrogens is 2. The minimum atomic E-state index is -0.471. The van der Waals surface area contributed by atoms with E-state index in [4.69, 9.17) is 18.9 Å². The van der Waals surface area contributed by atoms with Crippen LogP contribution in [0, 0.1) is 0 Å². The van der Waals surface area contributed by atoms with Gasteiger partial charge in [0.15, 0.2) is 0 Å². The van der Waals surface area contributed by atoms with Gasteiger partial charge < -0.3 is 18.9 Å². The van der Waals surface area contributed by atoms with Crippen LogP contribution in [0.2, 0.25) is 0 Å². The highest BCUT2D eigenvalue weighted by Crippen LogP contribution is 2.24. The summed E-state index contributed by atoms with van der Waals surface area (Å²) in [6.07, 6.45) is 3.54. The zero-order valence-electron chi connectivity index (χ0n) is 18.6. The van der Waals surface area contributed by atoms with Gasteiger partial charge in [-0.05, 0) is 31.2 Å². The van der Waals surface area contributed by atoms with E-state index in [1.165, 1.54) is 0 Å². The number of hydrogen-bond donors (Lipinski definition) is 0. The number of nitrogens with zero attached hydrogens (tertiary/aromatic N) is 2. The Morgan fingerprint density at radius 1 is 0.727 bits per heavy atom. The van der Waals surface area contributed by atoms with E-state index >= 15 is 0 Å². The van der Waals surface area contributed by atoms with Gasteiger partial charge in [-0.2, -0.15) is 0 Å². The first-order valence-electron chi connectivity index (χ1n) is 10.9. The zero-order chi connectivity index (χ0) is 22.9. The number of rotatable bonds is 12. The Labute approximate surface area is 202 Å². The van der Waals surface area contributed by atoms with Crippen molar-refractivity contribution in [1.29, 1.82) is 0 Å². The molecule has 0 radical (unpaired) electrons. The molecule has 0 spiro atoms. The number of pyridine rings is 2. The third-order valence-electron chi connectivity index (χ3n) is 5.16. The molecule has 1 unspecified atom stereocenters. The number of halogens is 1. The van der Waals surface area contributed by atoms with Gasteiger partial charge in [0.2, 0.25) is 0 Å². The number of para-hydroxylation sites is 2. The van der Waals surface area contributed by atoms with Crippen LogP contribution >= 0.6 is 15.9 Å². The molecule has 0 bridgehead atoms. The summed E-state index contributed by atoms with van der Waals surface area (Å²) < 4.78 is 23.7. The summed E-state index contributed by atoms with van der Waals surface area (Å²) in [6, 6.07) is 19.7. The molecule has 0 saturated carbocycles. The largest absolute Gasteiger partial charge is 0.489 e. The lowest BCUT2D eigenvalue weighted by Crippen LogP contribution is -2.38. The number of alkyl halides is 1. The maximum atomic E-state index is 6.07. The number of ether oxygens (including phenoxy) is 4. The second kappa shape index (κ2) is 11.4. The predicted octanol–water partition coefficient (Wildman–Crippen LogP) is 5.43. The van der Waals surface area contributed by atoms with E-state index < -0.39 is 5.60 Å². The molecule has 33 heavy (non-hydrogen) atoms. The molecule has 0 aliphatic carbocycles. The molecule has 2 aromatic heterocycles. The lowest BCUT2D eigenvalue weighted by molar-refractivity contribution is -0.0801. The quantitative estimate of drug-likeness (QED) is 0.187. The molecule has 1 atom stereocenters. The Kier molecular flexibility index (Phi) is 8.10. The highest BCUT2D eigenvalue weighted by Gasteiger charge is 2.24. The molecule has 4 rings (SSSR count). The van der Waals surface area contributed by atoms with Gasteiger partial charge in [0, 0.05) is 28.5 Å². The predicted molar refractivity (Wildman–Crippen MR) is 133 cm³/mol. The molecule has 2 heterocycles. The second-order valence-corrected chi connectivity index (χ2v) is 8.40. The van der Waals surface area contributed by atoms with Crippen LogP contribution in [-0.2, 0) is 9.47 Å². The summed E-state index contributed by atoms with van der Waals surface area (Å²) in [5, 5.41) is 2.75. The molecule has 6 nitrogen and oxygen atoms in total. The van der Waals surface area contributed by atoms with Crippen molar-refractivity contribution in [3.63, 3.8) is 0 Å². The Balaban J connectivity index is 1.19. The molecule has 7 heteroatoms. The standard InChI is InChI=1S/C26H27BrN2O4/c1-26(18-27,33-17-16-32-23-11-3-7-21-9-5-13-29-25(21)23)19-30-14-15-31-22-10-2-6-20-8-4-12-28-24(20)22/h2-13H,14-19H2,1H3. The average molecular weight is 511 g/mol. The average Bonchev–Trinajstić information content (AvgIpc) is 2.86. The maximum absolute atomic E-state index is 6.07. The fourth-order valence-corrected chi connectivity index (χ4v) is 3.77. The number of fused-ring (bicyclic) bond motifs is 2. The van der Waals surface area contributed by atoms with Crippen molar-refractivity contribution >= 4 is 37.7 Å². The SMILES string of the molecule is CC(CBr)(COCCOc1cccc2cccnc12)OCCOc1cccc2cccnc12. The topological polar surface area (TPSA) is 62.7 Å². The first-order chi connectivity index (χ1) is 16.2. The molecule has 0 aliphatic rings. The highest BCUT2D eigenvalue weighted by atomic mass is 79.9. The maximum Gasteiger partial charge on any atom is 0.145 e. The Hall–Kier alpha value is -2.74. The Morgan fingerprint density at radius 2 is 1.27 bits per heavy atom. The van der Waals surface area contributed by atoms with E-state index in [0.717, 1.165) is 33.3 Å². The van der Waals surface area contributed by atoms with Crippen LogP contribution in [-0.4, -0.2) is 53.9 Å². The summed E-state index contributed by atoms with van der Waals surface area (Å²) in [6.45, 7) is 4.20. The minimum Gasteiger partial charge on any atom is -0.489 e. The first-order valence-corrected chi connectivity index (χ1v) is 12.0. The van der Waals surface area contributed by atoms with E-state index in [-0.39, 0.29) is 0 Å². The summed E-state index contributed by atoms with van der Waals surface area (Å²) in [5.74, 6) is 1.52. The van der Waals surface area contributed by atoms with Crippen LogP contribution in [0.4, 0.5) is 0 Å². The van der Waals surface area contributed by atoms with Crippen LogP contribution in [0.15, 0.2) is 73.1 Å². The monoisotopic (exact) mass is 510 g/mol. The second-order valence-electron chi connectivity index (χ2n) is 7.84. The molecule has 0 fully saturated rings. The third kappa shape index (κ3) is 6.19. The normalized spacial score (nSPS) is 13.2. The fourth-order valence-electron chi connectivity index (χ4n) is 3.44. The number of benzene rings is 2. The van der Waals surface area contributed by atoms with E-state index in [1.807, 2.05) is 67.6 Å². The molecule has 0 aliphatic heterocycles. The third-order valence-corrected chi connectivity index (χ3v) is 6.34.